The van der Waals surface area contributed by atoms with Crippen LogP contribution in [0.1, 0.15) is 32.6 Å². The molecule has 4 unspecified atom stereocenters. The van der Waals surface area contributed by atoms with Crippen molar-refractivity contribution in [3.8, 4) is 0 Å². The predicted molar refractivity (Wildman–Crippen MR) is 71.6 cm³/mol. The van der Waals surface area contributed by atoms with E-state index in [4.69, 9.17) is 0 Å². The Hall–Kier alpha value is -1.04. The van der Waals surface area contributed by atoms with Crippen molar-refractivity contribution in [2.24, 2.45) is 17.8 Å². The van der Waals surface area contributed by atoms with E-state index >= 15 is 0 Å². The second-order valence-corrected chi connectivity index (χ2v) is 6.59. The molecule has 0 bridgehead atoms. The standard InChI is InChI=1S/C13H19NO4S/c1-7-2-3-8(9(6-7)12(16)17)11(15)14-10-4-5-19-13(10)18/h7-10H,2-6H2,1H3,(H,14,15)(H,16,17). The summed E-state index contributed by atoms with van der Waals surface area (Å²) in [6.45, 7) is 2.02. The van der Waals surface area contributed by atoms with Gasteiger partial charge in [0.05, 0.1) is 17.9 Å². The van der Waals surface area contributed by atoms with E-state index in [1.165, 1.54) is 11.8 Å². The number of carboxylic acids is 1. The van der Waals surface area contributed by atoms with E-state index in [0.717, 1.165) is 12.2 Å². The summed E-state index contributed by atoms with van der Waals surface area (Å²) in [6, 6.07) is -0.425. The second-order valence-electron chi connectivity index (χ2n) is 5.49. The van der Waals surface area contributed by atoms with E-state index in [9.17, 15) is 19.5 Å². The third-order valence-corrected chi connectivity index (χ3v) is 5.03. The zero-order valence-electron chi connectivity index (χ0n) is 10.9. The molecule has 106 valence electrons. The Bertz CT molecular complexity index is 398. The first kappa shape index (κ1) is 14.4. The van der Waals surface area contributed by atoms with E-state index in [-0.39, 0.29) is 11.0 Å². The van der Waals surface area contributed by atoms with Crippen molar-refractivity contribution in [1.29, 1.82) is 0 Å². The van der Waals surface area contributed by atoms with Gasteiger partial charge in [-0.15, -0.1) is 0 Å². The largest absolute Gasteiger partial charge is 0.481 e. The maximum absolute atomic E-state index is 12.2. The van der Waals surface area contributed by atoms with Crippen molar-refractivity contribution in [3.05, 3.63) is 0 Å². The molecule has 0 aromatic heterocycles. The number of hydrogen-bond acceptors (Lipinski definition) is 4. The molecule has 0 aromatic carbocycles. The third-order valence-electron chi connectivity index (χ3n) is 4.02. The number of hydrogen-bond donors (Lipinski definition) is 2. The van der Waals surface area contributed by atoms with E-state index in [1.807, 2.05) is 6.92 Å². The molecule has 2 rings (SSSR count). The van der Waals surface area contributed by atoms with Crippen LogP contribution in [0.4, 0.5) is 0 Å². The van der Waals surface area contributed by atoms with Gasteiger partial charge in [-0.25, -0.2) is 0 Å². The lowest BCUT2D eigenvalue weighted by atomic mass is 9.74. The van der Waals surface area contributed by atoms with E-state index < -0.39 is 23.8 Å². The van der Waals surface area contributed by atoms with E-state index in [0.29, 0.717) is 25.2 Å². The SMILES string of the molecule is CC1CCC(C(=O)NC2CCSC2=O)C(C(=O)O)C1. The fourth-order valence-electron chi connectivity index (χ4n) is 2.87. The molecule has 2 fully saturated rings. The topological polar surface area (TPSA) is 83.5 Å². The molecule has 0 aromatic rings. The van der Waals surface area contributed by atoms with Crippen LogP contribution in [-0.2, 0) is 14.4 Å². The number of carboxylic acid groups (broad SMARTS) is 1. The Morgan fingerprint density at radius 2 is 2.00 bits per heavy atom. The lowest BCUT2D eigenvalue weighted by Gasteiger charge is -2.31. The summed E-state index contributed by atoms with van der Waals surface area (Å²) in [7, 11) is 0. The van der Waals surface area contributed by atoms with Crippen LogP contribution in [0.5, 0.6) is 0 Å². The molecule has 2 N–H and O–H groups in total. The van der Waals surface area contributed by atoms with Gasteiger partial charge in [0.15, 0.2) is 0 Å². The molecule has 1 saturated heterocycles. The molecule has 1 saturated carbocycles. The summed E-state index contributed by atoms with van der Waals surface area (Å²) in [6.07, 6.45) is 2.66. The first-order chi connectivity index (χ1) is 8.99. The van der Waals surface area contributed by atoms with Crippen LogP contribution in [0.25, 0.3) is 0 Å². The summed E-state index contributed by atoms with van der Waals surface area (Å²) < 4.78 is 0. The molecule has 19 heavy (non-hydrogen) atoms. The van der Waals surface area contributed by atoms with Gasteiger partial charge in [-0.2, -0.15) is 0 Å². The lowest BCUT2D eigenvalue weighted by molar-refractivity contribution is -0.150. The van der Waals surface area contributed by atoms with Gasteiger partial charge in [0, 0.05) is 5.75 Å². The summed E-state index contributed by atoms with van der Waals surface area (Å²) in [5.74, 6) is -1.21. The highest BCUT2D eigenvalue weighted by Crippen LogP contribution is 2.34. The van der Waals surface area contributed by atoms with Gasteiger partial charge in [-0.05, 0) is 31.6 Å². The van der Waals surface area contributed by atoms with Crippen molar-refractivity contribution < 1.29 is 19.5 Å². The fourth-order valence-corrected chi connectivity index (χ4v) is 3.81. The smallest absolute Gasteiger partial charge is 0.307 e. The van der Waals surface area contributed by atoms with Gasteiger partial charge in [0.2, 0.25) is 11.0 Å². The monoisotopic (exact) mass is 285 g/mol. The van der Waals surface area contributed by atoms with Gasteiger partial charge < -0.3 is 10.4 Å². The first-order valence-corrected chi connectivity index (χ1v) is 7.67. The lowest BCUT2D eigenvalue weighted by Crippen LogP contribution is -2.46. The number of carbonyl (C=O) groups is 3. The zero-order valence-corrected chi connectivity index (χ0v) is 11.7. The summed E-state index contributed by atoms with van der Waals surface area (Å²) in [4.78, 5) is 34.9. The number of amides is 1. The second kappa shape index (κ2) is 5.94. The van der Waals surface area contributed by atoms with Crippen LogP contribution in [0.15, 0.2) is 0 Å². The number of rotatable bonds is 3. The Balaban J connectivity index is 2.00. The van der Waals surface area contributed by atoms with Gasteiger partial charge in [0.25, 0.3) is 0 Å². The molecular weight excluding hydrogens is 266 g/mol. The number of aliphatic carboxylic acids is 1. The molecule has 0 radical (unpaired) electrons. The molecule has 4 atom stereocenters. The average molecular weight is 285 g/mol. The first-order valence-electron chi connectivity index (χ1n) is 6.69. The van der Waals surface area contributed by atoms with Gasteiger partial charge in [-0.3, -0.25) is 14.4 Å². The van der Waals surface area contributed by atoms with E-state index in [1.54, 1.807) is 0 Å². The number of thioether (sulfide) groups is 1. The fraction of sp³-hybridized carbons (Fsp3) is 0.769. The molecule has 2 aliphatic rings. The van der Waals surface area contributed by atoms with Crippen LogP contribution in [0.3, 0.4) is 0 Å². The summed E-state index contributed by atoms with van der Waals surface area (Å²) >= 11 is 1.23. The molecule has 1 heterocycles. The normalized spacial score (nSPS) is 35.1. The molecule has 1 aliphatic heterocycles. The third kappa shape index (κ3) is 3.29. The number of nitrogens with one attached hydrogen (secondary N) is 1. The quantitative estimate of drug-likeness (QED) is 0.816. The minimum absolute atomic E-state index is 0.00981. The average Bonchev–Trinajstić information content (AvgIpc) is 2.74. The Labute approximate surface area is 116 Å². The van der Waals surface area contributed by atoms with Gasteiger partial charge >= 0.3 is 5.97 Å². The van der Waals surface area contributed by atoms with Crippen molar-refractivity contribution in [1.82, 2.24) is 5.32 Å². The molecular formula is C13H19NO4S. The van der Waals surface area contributed by atoms with Gasteiger partial charge in [0.1, 0.15) is 0 Å². The molecule has 1 amide bonds. The summed E-state index contributed by atoms with van der Waals surface area (Å²) in [5.41, 5.74) is 0. The number of carbonyl (C=O) groups excluding carboxylic acids is 2. The van der Waals surface area contributed by atoms with Crippen molar-refractivity contribution in [3.63, 3.8) is 0 Å². The minimum Gasteiger partial charge on any atom is -0.481 e. The highest BCUT2D eigenvalue weighted by Gasteiger charge is 2.39. The van der Waals surface area contributed by atoms with Crippen LogP contribution in [0, 0.1) is 17.8 Å². The zero-order chi connectivity index (χ0) is 14.0. The summed E-state index contributed by atoms with van der Waals surface area (Å²) in [5, 5.41) is 12.0. The van der Waals surface area contributed by atoms with Crippen molar-refractivity contribution >= 4 is 28.8 Å². The van der Waals surface area contributed by atoms with E-state index in [2.05, 4.69) is 5.32 Å². The highest BCUT2D eigenvalue weighted by molar-refractivity contribution is 8.14. The Kier molecular flexibility index (Phi) is 4.50. The molecule has 6 heteroatoms. The molecule has 0 spiro atoms. The Morgan fingerprint density at radius 1 is 1.26 bits per heavy atom. The van der Waals surface area contributed by atoms with Crippen molar-refractivity contribution in [2.45, 2.75) is 38.6 Å². The van der Waals surface area contributed by atoms with Crippen LogP contribution < -0.4 is 5.32 Å². The highest BCUT2D eigenvalue weighted by atomic mass is 32.2. The van der Waals surface area contributed by atoms with Crippen molar-refractivity contribution in [2.75, 3.05) is 5.75 Å². The van der Waals surface area contributed by atoms with Crippen LogP contribution in [-0.4, -0.2) is 33.9 Å². The minimum atomic E-state index is -0.904. The Morgan fingerprint density at radius 3 is 2.58 bits per heavy atom. The van der Waals surface area contributed by atoms with Crippen LogP contribution >= 0.6 is 11.8 Å². The van der Waals surface area contributed by atoms with Crippen LogP contribution in [0.2, 0.25) is 0 Å². The molecule has 5 nitrogen and oxygen atoms in total. The predicted octanol–water partition coefficient (Wildman–Crippen LogP) is 1.27. The van der Waals surface area contributed by atoms with Gasteiger partial charge in [-0.1, -0.05) is 18.7 Å². The molecule has 1 aliphatic carbocycles. The maximum atomic E-state index is 12.2. The maximum Gasteiger partial charge on any atom is 0.307 e.